The SMILES string of the molecule is N#Cc1cnc(-c2cccc(Br)c2)s1. The Balaban J connectivity index is 2.45. The van der Waals surface area contributed by atoms with Crippen LogP contribution in [0.25, 0.3) is 10.6 Å². The highest BCUT2D eigenvalue weighted by molar-refractivity contribution is 9.10. The Morgan fingerprint density at radius 3 is 2.93 bits per heavy atom. The van der Waals surface area contributed by atoms with Crippen LogP contribution in [0, 0.1) is 11.3 Å². The van der Waals surface area contributed by atoms with E-state index in [9.17, 15) is 0 Å². The number of rotatable bonds is 1. The second kappa shape index (κ2) is 3.91. The first-order valence-corrected chi connectivity index (χ1v) is 5.52. The maximum atomic E-state index is 8.66. The van der Waals surface area contributed by atoms with Crippen molar-refractivity contribution in [2.75, 3.05) is 0 Å². The highest BCUT2D eigenvalue weighted by atomic mass is 79.9. The molecular formula is C10H5BrN2S. The molecule has 68 valence electrons. The normalized spacial score (nSPS) is 9.71. The Morgan fingerprint density at radius 1 is 1.43 bits per heavy atom. The standard InChI is InChI=1S/C10H5BrN2S/c11-8-3-1-2-7(4-8)10-13-6-9(5-12)14-10/h1-4,6H. The van der Waals surface area contributed by atoms with Crippen LogP contribution in [-0.4, -0.2) is 4.98 Å². The summed E-state index contributed by atoms with van der Waals surface area (Å²) in [6.07, 6.45) is 1.60. The van der Waals surface area contributed by atoms with Gasteiger partial charge < -0.3 is 0 Å². The summed E-state index contributed by atoms with van der Waals surface area (Å²) in [6.45, 7) is 0. The van der Waals surface area contributed by atoms with Crippen molar-refractivity contribution in [1.82, 2.24) is 4.98 Å². The van der Waals surface area contributed by atoms with Crippen LogP contribution in [0.15, 0.2) is 34.9 Å². The first-order chi connectivity index (χ1) is 6.79. The Morgan fingerprint density at radius 2 is 2.29 bits per heavy atom. The third-order valence-corrected chi connectivity index (χ3v) is 3.13. The van der Waals surface area contributed by atoms with Gasteiger partial charge in [-0.15, -0.1) is 11.3 Å². The minimum Gasteiger partial charge on any atom is -0.243 e. The van der Waals surface area contributed by atoms with Crippen molar-refractivity contribution in [2.24, 2.45) is 0 Å². The topological polar surface area (TPSA) is 36.7 Å². The molecule has 4 heteroatoms. The van der Waals surface area contributed by atoms with Crippen molar-refractivity contribution in [1.29, 1.82) is 5.26 Å². The molecule has 0 N–H and O–H groups in total. The first kappa shape index (κ1) is 9.38. The van der Waals surface area contributed by atoms with Gasteiger partial charge in [-0.2, -0.15) is 5.26 Å². The molecule has 14 heavy (non-hydrogen) atoms. The van der Waals surface area contributed by atoms with Gasteiger partial charge in [0, 0.05) is 10.0 Å². The van der Waals surface area contributed by atoms with E-state index in [0.717, 1.165) is 15.0 Å². The smallest absolute Gasteiger partial charge is 0.125 e. The monoisotopic (exact) mass is 264 g/mol. The zero-order valence-corrected chi connectivity index (χ0v) is 9.47. The van der Waals surface area contributed by atoms with Crippen LogP contribution < -0.4 is 0 Å². The summed E-state index contributed by atoms with van der Waals surface area (Å²) in [7, 11) is 0. The summed E-state index contributed by atoms with van der Waals surface area (Å²) in [5.74, 6) is 0. The van der Waals surface area contributed by atoms with Crippen molar-refractivity contribution < 1.29 is 0 Å². The van der Waals surface area contributed by atoms with Crippen molar-refractivity contribution in [3.05, 3.63) is 39.8 Å². The van der Waals surface area contributed by atoms with E-state index in [-0.39, 0.29) is 0 Å². The zero-order chi connectivity index (χ0) is 9.97. The molecule has 0 aliphatic carbocycles. The molecule has 2 rings (SSSR count). The maximum absolute atomic E-state index is 8.66. The molecule has 0 radical (unpaired) electrons. The Hall–Kier alpha value is -1.18. The maximum Gasteiger partial charge on any atom is 0.125 e. The molecule has 2 nitrogen and oxygen atoms in total. The summed E-state index contributed by atoms with van der Waals surface area (Å²) < 4.78 is 1.02. The third kappa shape index (κ3) is 1.84. The van der Waals surface area contributed by atoms with Gasteiger partial charge in [0.2, 0.25) is 0 Å². The Labute approximate surface area is 94.0 Å². The summed E-state index contributed by atoms with van der Waals surface area (Å²) in [5, 5.41) is 9.54. The number of hydrogen-bond donors (Lipinski definition) is 0. The number of benzene rings is 1. The Bertz CT molecular complexity index is 499. The van der Waals surface area contributed by atoms with E-state index in [1.807, 2.05) is 24.3 Å². The minimum atomic E-state index is 0.639. The van der Waals surface area contributed by atoms with E-state index in [2.05, 4.69) is 27.0 Å². The number of nitrogens with zero attached hydrogens (tertiary/aromatic N) is 2. The van der Waals surface area contributed by atoms with E-state index in [4.69, 9.17) is 5.26 Å². The lowest BCUT2D eigenvalue weighted by molar-refractivity contribution is 1.39. The third-order valence-electron chi connectivity index (χ3n) is 1.69. The molecule has 0 spiro atoms. The average Bonchev–Trinajstić information content (AvgIpc) is 2.66. The second-order valence-corrected chi connectivity index (χ2v) is 4.60. The molecule has 0 aliphatic rings. The van der Waals surface area contributed by atoms with Gasteiger partial charge in [-0.1, -0.05) is 28.1 Å². The van der Waals surface area contributed by atoms with Crippen LogP contribution in [0.1, 0.15) is 4.88 Å². The van der Waals surface area contributed by atoms with Crippen LogP contribution in [-0.2, 0) is 0 Å². The quantitative estimate of drug-likeness (QED) is 0.791. The van der Waals surface area contributed by atoms with Crippen LogP contribution in [0.3, 0.4) is 0 Å². The van der Waals surface area contributed by atoms with Gasteiger partial charge in [-0.3, -0.25) is 0 Å². The van der Waals surface area contributed by atoms with Gasteiger partial charge in [-0.25, -0.2) is 4.98 Å². The lowest BCUT2D eigenvalue weighted by Crippen LogP contribution is -1.73. The van der Waals surface area contributed by atoms with Crippen molar-refractivity contribution in [2.45, 2.75) is 0 Å². The molecule has 0 saturated heterocycles. The largest absolute Gasteiger partial charge is 0.243 e. The molecule has 1 aromatic carbocycles. The Kier molecular flexibility index (Phi) is 2.62. The fraction of sp³-hybridized carbons (Fsp3) is 0. The minimum absolute atomic E-state index is 0.639. The molecule has 0 bridgehead atoms. The average molecular weight is 265 g/mol. The fourth-order valence-electron chi connectivity index (χ4n) is 1.08. The lowest BCUT2D eigenvalue weighted by Gasteiger charge is -1.95. The van der Waals surface area contributed by atoms with E-state index >= 15 is 0 Å². The molecule has 2 aromatic rings. The summed E-state index contributed by atoms with van der Waals surface area (Å²) in [5.41, 5.74) is 1.03. The van der Waals surface area contributed by atoms with Crippen molar-refractivity contribution in [3.63, 3.8) is 0 Å². The summed E-state index contributed by atoms with van der Waals surface area (Å²) in [6, 6.07) is 9.95. The highest BCUT2D eigenvalue weighted by Crippen LogP contribution is 2.26. The molecule has 0 unspecified atom stereocenters. The summed E-state index contributed by atoms with van der Waals surface area (Å²) >= 11 is 4.80. The number of nitriles is 1. The zero-order valence-electron chi connectivity index (χ0n) is 7.07. The van der Waals surface area contributed by atoms with Crippen molar-refractivity contribution >= 4 is 27.3 Å². The van der Waals surface area contributed by atoms with Crippen LogP contribution in [0.5, 0.6) is 0 Å². The van der Waals surface area contributed by atoms with Gasteiger partial charge in [-0.05, 0) is 12.1 Å². The number of aromatic nitrogens is 1. The molecule has 0 saturated carbocycles. The van der Waals surface area contributed by atoms with Gasteiger partial charge in [0.25, 0.3) is 0 Å². The molecule has 1 aromatic heterocycles. The number of hydrogen-bond acceptors (Lipinski definition) is 3. The first-order valence-electron chi connectivity index (χ1n) is 3.91. The molecule has 0 fully saturated rings. The van der Waals surface area contributed by atoms with Crippen LogP contribution in [0.2, 0.25) is 0 Å². The van der Waals surface area contributed by atoms with Gasteiger partial charge in [0.15, 0.2) is 0 Å². The predicted molar refractivity (Wildman–Crippen MR) is 60.0 cm³/mol. The van der Waals surface area contributed by atoms with E-state index in [1.54, 1.807) is 6.20 Å². The van der Waals surface area contributed by atoms with Gasteiger partial charge in [0.05, 0.1) is 6.20 Å². The van der Waals surface area contributed by atoms with E-state index < -0.39 is 0 Å². The van der Waals surface area contributed by atoms with Gasteiger partial charge >= 0.3 is 0 Å². The van der Waals surface area contributed by atoms with Crippen LogP contribution in [0.4, 0.5) is 0 Å². The predicted octanol–water partition coefficient (Wildman–Crippen LogP) is 3.44. The van der Waals surface area contributed by atoms with Crippen LogP contribution >= 0.6 is 27.3 Å². The number of thiazole rings is 1. The van der Waals surface area contributed by atoms with Gasteiger partial charge in [0.1, 0.15) is 16.0 Å². The molecule has 0 aliphatic heterocycles. The molecule has 0 amide bonds. The van der Waals surface area contributed by atoms with Crippen molar-refractivity contribution in [3.8, 4) is 16.6 Å². The lowest BCUT2D eigenvalue weighted by atomic mass is 10.2. The summed E-state index contributed by atoms with van der Waals surface area (Å²) in [4.78, 5) is 4.81. The molecular weight excluding hydrogens is 260 g/mol. The van der Waals surface area contributed by atoms with E-state index in [0.29, 0.717) is 4.88 Å². The second-order valence-electron chi connectivity index (χ2n) is 2.65. The highest BCUT2D eigenvalue weighted by Gasteiger charge is 2.03. The van der Waals surface area contributed by atoms with E-state index in [1.165, 1.54) is 11.3 Å². The molecule has 1 heterocycles. The molecule has 0 atom stereocenters. The fourth-order valence-corrected chi connectivity index (χ4v) is 2.19. The number of halogens is 1.